The van der Waals surface area contributed by atoms with Crippen LogP contribution in [0.1, 0.15) is 23.0 Å². The van der Waals surface area contributed by atoms with E-state index in [0.717, 1.165) is 0 Å². The van der Waals surface area contributed by atoms with Gasteiger partial charge in [-0.1, -0.05) is 17.7 Å². The molecule has 0 saturated carbocycles. The minimum atomic E-state index is -0.316. The molecule has 1 heterocycles. The van der Waals surface area contributed by atoms with Crippen molar-refractivity contribution in [3.05, 3.63) is 59.0 Å². The summed E-state index contributed by atoms with van der Waals surface area (Å²) in [5, 5.41) is 4.46. The number of nitrogens with one attached hydrogen (secondary N) is 1. The van der Waals surface area contributed by atoms with Crippen LogP contribution in [0.3, 0.4) is 0 Å². The lowest BCUT2D eigenvalue weighted by molar-refractivity contribution is 0.0955. The molecule has 2 aromatic rings. The summed E-state index contributed by atoms with van der Waals surface area (Å²) >= 11 is 5.80. The second-order valence-corrected chi connectivity index (χ2v) is 4.06. The zero-order valence-corrected chi connectivity index (χ0v) is 10.4. The van der Waals surface area contributed by atoms with Gasteiger partial charge in [-0.25, -0.2) is 5.43 Å². The summed E-state index contributed by atoms with van der Waals surface area (Å²) in [7, 11) is 0. The quantitative estimate of drug-likeness (QED) is 0.683. The number of hydrazone groups is 1. The highest BCUT2D eigenvalue weighted by Crippen LogP contribution is 2.10. The highest BCUT2D eigenvalue weighted by molar-refractivity contribution is 6.30. The van der Waals surface area contributed by atoms with Gasteiger partial charge in [0, 0.05) is 10.6 Å². The number of furan rings is 1. The van der Waals surface area contributed by atoms with Crippen LogP contribution in [-0.4, -0.2) is 11.6 Å². The molecule has 2 rings (SSSR count). The van der Waals surface area contributed by atoms with Crippen LogP contribution < -0.4 is 5.43 Å². The molecular weight excluding hydrogens is 252 g/mol. The highest BCUT2D eigenvalue weighted by Gasteiger charge is 2.05. The fourth-order valence-electron chi connectivity index (χ4n) is 1.37. The first-order chi connectivity index (χ1) is 8.66. The molecule has 0 spiro atoms. The molecular formula is C13H11ClN2O2. The summed E-state index contributed by atoms with van der Waals surface area (Å²) in [4.78, 5) is 11.8. The molecule has 0 atom stereocenters. The van der Waals surface area contributed by atoms with E-state index in [-0.39, 0.29) is 5.91 Å². The van der Waals surface area contributed by atoms with Crippen LogP contribution in [0.25, 0.3) is 0 Å². The fraction of sp³-hybridized carbons (Fsp3) is 0.0769. The number of amides is 1. The predicted octanol–water partition coefficient (Wildman–Crippen LogP) is 3.09. The number of carbonyl (C=O) groups is 1. The smallest absolute Gasteiger partial charge is 0.271 e. The van der Waals surface area contributed by atoms with Crippen molar-refractivity contribution in [3.63, 3.8) is 0 Å². The Morgan fingerprint density at radius 2 is 2.17 bits per heavy atom. The largest absolute Gasteiger partial charge is 0.463 e. The molecule has 0 unspecified atom stereocenters. The standard InChI is InChI=1S/C13H11ClN2O2/c1-9(12-6-3-7-18-12)15-16-13(17)10-4-2-5-11(14)8-10/h2-8H,1H3,(H,16,17)/b15-9+. The van der Waals surface area contributed by atoms with Crippen LogP contribution >= 0.6 is 11.6 Å². The van der Waals surface area contributed by atoms with Gasteiger partial charge in [0.2, 0.25) is 0 Å². The van der Waals surface area contributed by atoms with E-state index in [1.165, 1.54) is 0 Å². The second kappa shape index (κ2) is 5.51. The molecule has 1 aromatic heterocycles. The lowest BCUT2D eigenvalue weighted by Crippen LogP contribution is -2.19. The van der Waals surface area contributed by atoms with E-state index in [1.807, 2.05) is 0 Å². The van der Waals surface area contributed by atoms with Crippen molar-refractivity contribution in [2.75, 3.05) is 0 Å². The number of hydrogen-bond acceptors (Lipinski definition) is 3. The molecule has 0 aliphatic rings. The predicted molar refractivity (Wildman–Crippen MR) is 69.8 cm³/mol. The van der Waals surface area contributed by atoms with Crippen LogP contribution in [0.2, 0.25) is 5.02 Å². The molecule has 5 heteroatoms. The number of rotatable bonds is 3. The summed E-state index contributed by atoms with van der Waals surface area (Å²) in [6.45, 7) is 1.75. The van der Waals surface area contributed by atoms with Gasteiger partial charge in [0.1, 0.15) is 11.5 Å². The van der Waals surface area contributed by atoms with Crippen LogP contribution in [0.4, 0.5) is 0 Å². The molecule has 1 N–H and O–H groups in total. The first-order valence-corrected chi connectivity index (χ1v) is 5.68. The summed E-state index contributed by atoms with van der Waals surface area (Å²) in [6, 6.07) is 10.2. The second-order valence-electron chi connectivity index (χ2n) is 3.63. The zero-order valence-electron chi connectivity index (χ0n) is 9.68. The Hall–Kier alpha value is -2.07. The third-order valence-electron chi connectivity index (χ3n) is 2.29. The van der Waals surface area contributed by atoms with E-state index in [4.69, 9.17) is 16.0 Å². The number of benzene rings is 1. The summed E-state index contributed by atoms with van der Waals surface area (Å²) in [5.74, 6) is 0.296. The van der Waals surface area contributed by atoms with Crippen molar-refractivity contribution in [1.82, 2.24) is 5.43 Å². The van der Waals surface area contributed by atoms with Gasteiger partial charge in [0.25, 0.3) is 5.91 Å². The van der Waals surface area contributed by atoms with Gasteiger partial charge in [0.15, 0.2) is 0 Å². The Kier molecular flexibility index (Phi) is 3.79. The Morgan fingerprint density at radius 3 is 2.83 bits per heavy atom. The maximum atomic E-state index is 11.8. The molecule has 1 amide bonds. The molecule has 0 bridgehead atoms. The maximum absolute atomic E-state index is 11.8. The zero-order chi connectivity index (χ0) is 13.0. The van der Waals surface area contributed by atoms with Gasteiger partial charge in [-0.05, 0) is 37.3 Å². The van der Waals surface area contributed by atoms with Crippen molar-refractivity contribution < 1.29 is 9.21 Å². The van der Waals surface area contributed by atoms with E-state index in [2.05, 4.69) is 10.5 Å². The Labute approximate surface area is 109 Å². The first kappa shape index (κ1) is 12.4. The molecule has 0 radical (unpaired) electrons. The average molecular weight is 263 g/mol. The monoisotopic (exact) mass is 262 g/mol. The van der Waals surface area contributed by atoms with Crippen molar-refractivity contribution in [1.29, 1.82) is 0 Å². The van der Waals surface area contributed by atoms with Gasteiger partial charge in [0.05, 0.1) is 6.26 Å². The van der Waals surface area contributed by atoms with E-state index in [0.29, 0.717) is 22.1 Å². The fourth-order valence-corrected chi connectivity index (χ4v) is 1.56. The van der Waals surface area contributed by atoms with Crippen LogP contribution in [0.5, 0.6) is 0 Å². The Morgan fingerprint density at radius 1 is 1.33 bits per heavy atom. The van der Waals surface area contributed by atoms with Gasteiger partial charge >= 0.3 is 0 Å². The van der Waals surface area contributed by atoms with E-state index >= 15 is 0 Å². The SMILES string of the molecule is C/C(=N\NC(=O)c1cccc(Cl)c1)c1ccco1. The number of halogens is 1. The Bertz CT molecular complexity index is 576. The molecule has 0 saturated heterocycles. The lowest BCUT2D eigenvalue weighted by atomic mass is 10.2. The molecule has 0 aliphatic carbocycles. The molecule has 92 valence electrons. The third kappa shape index (κ3) is 2.99. The molecule has 0 fully saturated rings. The van der Waals surface area contributed by atoms with Crippen LogP contribution in [0, 0.1) is 0 Å². The van der Waals surface area contributed by atoms with Crippen molar-refractivity contribution in [2.45, 2.75) is 6.92 Å². The minimum Gasteiger partial charge on any atom is -0.463 e. The normalized spacial score (nSPS) is 11.3. The highest BCUT2D eigenvalue weighted by atomic mass is 35.5. The molecule has 0 aliphatic heterocycles. The number of nitrogens with zero attached hydrogens (tertiary/aromatic N) is 1. The summed E-state index contributed by atoms with van der Waals surface area (Å²) < 4.78 is 5.15. The van der Waals surface area contributed by atoms with Gasteiger partial charge < -0.3 is 4.42 Å². The van der Waals surface area contributed by atoms with Crippen molar-refractivity contribution >= 4 is 23.2 Å². The molecule has 1 aromatic carbocycles. The van der Waals surface area contributed by atoms with Crippen molar-refractivity contribution in [3.8, 4) is 0 Å². The van der Waals surface area contributed by atoms with E-state index in [9.17, 15) is 4.79 Å². The first-order valence-electron chi connectivity index (χ1n) is 5.31. The topological polar surface area (TPSA) is 54.6 Å². The van der Waals surface area contributed by atoms with Crippen LogP contribution in [0.15, 0.2) is 52.2 Å². The molecule has 18 heavy (non-hydrogen) atoms. The lowest BCUT2D eigenvalue weighted by Gasteiger charge is -2.01. The van der Waals surface area contributed by atoms with Gasteiger partial charge in [-0.2, -0.15) is 5.10 Å². The Balaban J connectivity index is 2.07. The average Bonchev–Trinajstić information content (AvgIpc) is 2.89. The number of carbonyl (C=O) groups excluding carboxylic acids is 1. The number of hydrogen-bond donors (Lipinski definition) is 1. The van der Waals surface area contributed by atoms with E-state index in [1.54, 1.807) is 49.6 Å². The van der Waals surface area contributed by atoms with Gasteiger partial charge in [-0.15, -0.1) is 0 Å². The van der Waals surface area contributed by atoms with Crippen molar-refractivity contribution in [2.24, 2.45) is 5.10 Å². The third-order valence-corrected chi connectivity index (χ3v) is 2.52. The van der Waals surface area contributed by atoms with E-state index < -0.39 is 0 Å². The molecule has 4 nitrogen and oxygen atoms in total. The van der Waals surface area contributed by atoms with Gasteiger partial charge in [-0.3, -0.25) is 4.79 Å². The maximum Gasteiger partial charge on any atom is 0.271 e. The summed E-state index contributed by atoms with van der Waals surface area (Å²) in [6.07, 6.45) is 1.55. The van der Waals surface area contributed by atoms with Crippen LogP contribution in [-0.2, 0) is 0 Å². The minimum absolute atomic E-state index is 0.316. The summed E-state index contributed by atoms with van der Waals surface area (Å²) in [5.41, 5.74) is 3.49.